The summed E-state index contributed by atoms with van der Waals surface area (Å²) in [6.45, 7) is 7.52. The number of aryl methyl sites for hydroxylation is 1. The summed E-state index contributed by atoms with van der Waals surface area (Å²) < 4.78 is 2.15. The maximum Gasteiger partial charge on any atom is 0.0524 e. The topological polar surface area (TPSA) is 47.1 Å². The molecule has 4 nitrogen and oxygen atoms in total. The van der Waals surface area contributed by atoms with E-state index in [0.29, 0.717) is 0 Å². The standard InChI is InChI=1S/C14H26N4/c1-2-9-18-14(6-8-16-18)12-17-10-3-4-13(11-17)5-7-15/h6,8,13H,2-5,7,9-12,15H2,1H3. The summed E-state index contributed by atoms with van der Waals surface area (Å²) in [6.07, 6.45) is 6.90. The summed E-state index contributed by atoms with van der Waals surface area (Å²) in [5.41, 5.74) is 7.02. The van der Waals surface area contributed by atoms with E-state index in [4.69, 9.17) is 5.73 Å². The lowest BCUT2D eigenvalue weighted by Gasteiger charge is -2.32. The van der Waals surface area contributed by atoms with Gasteiger partial charge in [-0.1, -0.05) is 6.92 Å². The van der Waals surface area contributed by atoms with Gasteiger partial charge < -0.3 is 5.73 Å². The number of aromatic nitrogens is 2. The van der Waals surface area contributed by atoms with Crippen LogP contribution in [-0.4, -0.2) is 34.3 Å². The lowest BCUT2D eigenvalue weighted by molar-refractivity contribution is 0.159. The van der Waals surface area contributed by atoms with Crippen molar-refractivity contribution < 1.29 is 0 Å². The number of likely N-dealkylation sites (tertiary alicyclic amines) is 1. The van der Waals surface area contributed by atoms with Crippen LogP contribution in [0, 0.1) is 5.92 Å². The molecule has 2 heterocycles. The zero-order valence-corrected chi connectivity index (χ0v) is 11.5. The van der Waals surface area contributed by atoms with E-state index in [1.807, 2.05) is 6.20 Å². The van der Waals surface area contributed by atoms with Crippen molar-refractivity contribution in [1.29, 1.82) is 0 Å². The summed E-state index contributed by atoms with van der Waals surface area (Å²) >= 11 is 0. The Labute approximate surface area is 110 Å². The van der Waals surface area contributed by atoms with Gasteiger partial charge in [0, 0.05) is 25.8 Å². The number of nitrogens with two attached hydrogens (primary N) is 1. The van der Waals surface area contributed by atoms with Gasteiger partial charge in [0.05, 0.1) is 5.69 Å². The first kappa shape index (κ1) is 13.6. The van der Waals surface area contributed by atoms with Gasteiger partial charge in [-0.2, -0.15) is 5.10 Å². The van der Waals surface area contributed by atoms with E-state index >= 15 is 0 Å². The Morgan fingerprint density at radius 3 is 3.17 bits per heavy atom. The second kappa shape index (κ2) is 6.90. The lowest BCUT2D eigenvalue weighted by atomic mass is 9.95. The van der Waals surface area contributed by atoms with E-state index in [0.717, 1.165) is 32.0 Å². The molecule has 1 aliphatic heterocycles. The molecule has 1 aromatic heterocycles. The van der Waals surface area contributed by atoms with Gasteiger partial charge in [0.2, 0.25) is 0 Å². The molecular formula is C14H26N4. The van der Waals surface area contributed by atoms with Gasteiger partial charge in [-0.05, 0) is 50.8 Å². The first-order chi connectivity index (χ1) is 8.83. The molecule has 1 aliphatic rings. The molecule has 0 amide bonds. The highest BCUT2D eigenvalue weighted by Crippen LogP contribution is 2.20. The van der Waals surface area contributed by atoms with Gasteiger partial charge in [0.25, 0.3) is 0 Å². The van der Waals surface area contributed by atoms with Crippen LogP contribution in [0.2, 0.25) is 0 Å². The van der Waals surface area contributed by atoms with Crippen LogP contribution < -0.4 is 5.73 Å². The quantitative estimate of drug-likeness (QED) is 0.838. The molecule has 0 spiro atoms. The fraction of sp³-hybridized carbons (Fsp3) is 0.786. The van der Waals surface area contributed by atoms with E-state index in [2.05, 4.69) is 27.7 Å². The maximum absolute atomic E-state index is 5.67. The fourth-order valence-corrected chi connectivity index (χ4v) is 2.90. The zero-order chi connectivity index (χ0) is 12.8. The van der Waals surface area contributed by atoms with Crippen LogP contribution in [-0.2, 0) is 13.1 Å². The largest absolute Gasteiger partial charge is 0.330 e. The summed E-state index contributed by atoms with van der Waals surface area (Å²) in [6, 6.07) is 2.15. The molecular weight excluding hydrogens is 224 g/mol. The van der Waals surface area contributed by atoms with Gasteiger partial charge in [0.15, 0.2) is 0 Å². The Morgan fingerprint density at radius 1 is 1.50 bits per heavy atom. The second-order valence-electron chi connectivity index (χ2n) is 5.37. The van der Waals surface area contributed by atoms with Crippen molar-refractivity contribution in [3.05, 3.63) is 18.0 Å². The molecule has 4 heteroatoms. The normalized spacial score (nSPS) is 21.3. The van der Waals surface area contributed by atoms with Gasteiger partial charge >= 0.3 is 0 Å². The minimum absolute atomic E-state index is 0.797. The summed E-state index contributed by atoms with van der Waals surface area (Å²) in [5, 5.41) is 4.40. The molecule has 1 fully saturated rings. The highest BCUT2D eigenvalue weighted by Gasteiger charge is 2.20. The maximum atomic E-state index is 5.67. The molecule has 0 saturated carbocycles. The van der Waals surface area contributed by atoms with E-state index in [1.54, 1.807) is 0 Å². The molecule has 0 aliphatic carbocycles. The van der Waals surface area contributed by atoms with Crippen molar-refractivity contribution in [2.45, 2.75) is 45.7 Å². The Morgan fingerprint density at radius 2 is 2.39 bits per heavy atom. The molecule has 2 rings (SSSR count). The third-order valence-electron chi connectivity index (χ3n) is 3.80. The van der Waals surface area contributed by atoms with Crippen LogP contribution in [0.15, 0.2) is 12.3 Å². The predicted molar refractivity (Wildman–Crippen MR) is 74.2 cm³/mol. The predicted octanol–water partition coefficient (Wildman–Crippen LogP) is 1.85. The minimum atomic E-state index is 0.797. The van der Waals surface area contributed by atoms with Crippen molar-refractivity contribution in [3.63, 3.8) is 0 Å². The van der Waals surface area contributed by atoms with E-state index in [9.17, 15) is 0 Å². The third-order valence-corrected chi connectivity index (χ3v) is 3.80. The number of nitrogens with zero attached hydrogens (tertiary/aromatic N) is 3. The van der Waals surface area contributed by atoms with Gasteiger partial charge in [0.1, 0.15) is 0 Å². The van der Waals surface area contributed by atoms with Crippen LogP contribution in [0.1, 0.15) is 38.3 Å². The van der Waals surface area contributed by atoms with Crippen LogP contribution >= 0.6 is 0 Å². The van der Waals surface area contributed by atoms with Crippen LogP contribution in [0.4, 0.5) is 0 Å². The third kappa shape index (κ3) is 3.56. The summed E-state index contributed by atoms with van der Waals surface area (Å²) in [5.74, 6) is 0.797. The Balaban J connectivity index is 1.89. The molecule has 0 bridgehead atoms. The molecule has 102 valence electrons. The summed E-state index contributed by atoms with van der Waals surface area (Å²) in [7, 11) is 0. The average Bonchev–Trinajstić information content (AvgIpc) is 2.78. The van der Waals surface area contributed by atoms with E-state index < -0.39 is 0 Å². The molecule has 1 unspecified atom stereocenters. The lowest BCUT2D eigenvalue weighted by Crippen LogP contribution is -2.36. The van der Waals surface area contributed by atoms with Gasteiger partial charge in [-0.3, -0.25) is 9.58 Å². The van der Waals surface area contributed by atoms with Crippen molar-refractivity contribution in [2.75, 3.05) is 19.6 Å². The number of rotatable bonds is 6. The molecule has 0 radical (unpaired) electrons. The highest BCUT2D eigenvalue weighted by molar-refractivity contribution is 5.00. The van der Waals surface area contributed by atoms with Crippen LogP contribution in [0.25, 0.3) is 0 Å². The minimum Gasteiger partial charge on any atom is -0.330 e. The SMILES string of the molecule is CCCn1nccc1CN1CCCC(CCN)C1. The monoisotopic (exact) mass is 250 g/mol. The second-order valence-corrected chi connectivity index (χ2v) is 5.37. The van der Waals surface area contributed by atoms with Crippen molar-refractivity contribution in [1.82, 2.24) is 14.7 Å². The Bertz CT molecular complexity index is 345. The number of hydrogen-bond acceptors (Lipinski definition) is 3. The van der Waals surface area contributed by atoms with Crippen molar-refractivity contribution in [2.24, 2.45) is 11.7 Å². The molecule has 2 N–H and O–H groups in total. The van der Waals surface area contributed by atoms with Crippen molar-refractivity contribution in [3.8, 4) is 0 Å². The first-order valence-electron chi connectivity index (χ1n) is 7.26. The smallest absolute Gasteiger partial charge is 0.0524 e. The Hall–Kier alpha value is -0.870. The Kier molecular flexibility index (Phi) is 5.20. The van der Waals surface area contributed by atoms with E-state index in [1.165, 1.54) is 38.0 Å². The molecule has 18 heavy (non-hydrogen) atoms. The van der Waals surface area contributed by atoms with Crippen molar-refractivity contribution >= 4 is 0 Å². The van der Waals surface area contributed by atoms with Gasteiger partial charge in [-0.25, -0.2) is 0 Å². The first-order valence-corrected chi connectivity index (χ1v) is 7.26. The average molecular weight is 250 g/mol. The zero-order valence-electron chi connectivity index (χ0n) is 11.5. The van der Waals surface area contributed by atoms with Crippen LogP contribution in [0.5, 0.6) is 0 Å². The number of piperidine rings is 1. The van der Waals surface area contributed by atoms with E-state index in [-0.39, 0.29) is 0 Å². The summed E-state index contributed by atoms with van der Waals surface area (Å²) in [4.78, 5) is 2.56. The van der Waals surface area contributed by atoms with Gasteiger partial charge in [-0.15, -0.1) is 0 Å². The highest BCUT2D eigenvalue weighted by atomic mass is 15.3. The van der Waals surface area contributed by atoms with Crippen LogP contribution in [0.3, 0.4) is 0 Å². The number of hydrogen-bond donors (Lipinski definition) is 1. The molecule has 0 aromatic carbocycles. The molecule has 1 atom stereocenters. The molecule has 1 saturated heterocycles. The fourth-order valence-electron chi connectivity index (χ4n) is 2.90. The molecule has 1 aromatic rings.